The molecule has 0 atom stereocenters. The Kier molecular flexibility index (Phi) is 8.48. The molecule has 1 saturated carbocycles. The third kappa shape index (κ3) is 6.73. The molecule has 0 saturated heterocycles. The van der Waals surface area contributed by atoms with Gasteiger partial charge >= 0.3 is 5.97 Å². The van der Waals surface area contributed by atoms with Gasteiger partial charge in [0.1, 0.15) is 0 Å². The average molecular weight is 440 g/mol. The number of rotatable bonds is 10. The Bertz CT molecular complexity index is 940. The Hall–Kier alpha value is -3.55. The van der Waals surface area contributed by atoms with Crippen LogP contribution in [0.1, 0.15) is 43.0 Å². The fraction of sp³-hybridized carbons (Fsp3) is 0.375. The normalized spacial score (nSPS) is 13.3. The first-order chi connectivity index (χ1) is 15.6. The van der Waals surface area contributed by atoms with Gasteiger partial charge in [-0.2, -0.15) is 0 Å². The largest absolute Gasteiger partial charge is 0.490 e. The molecule has 2 aromatic carbocycles. The van der Waals surface area contributed by atoms with Crippen LogP contribution in [-0.2, 0) is 14.3 Å². The van der Waals surface area contributed by atoms with Gasteiger partial charge in [-0.15, -0.1) is 0 Å². The van der Waals surface area contributed by atoms with Gasteiger partial charge in [0.2, 0.25) is 0 Å². The molecule has 3 rings (SSSR count). The second-order valence-electron chi connectivity index (χ2n) is 7.38. The molecule has 8 heteroatoms. The van der Waals surface area contributed by atoms with Crippen molar-refractivity contribution in [3.05, 3.63) is 54.1 Å². The van der Waals surface area contributed by atoms with Crippen molar-refractivity contribution in [3.63, 3.8) is 0 Å². The first-order valence-corrected chi connectivity index (χ1v) is 10.8. The van der Waals surface area contributed by atoms with Gasteiger partial charge < -0.3 is 24.8 Å². The Morgan fingerprint density at radius 3 is 2.28 bits per heavy atom. The van der Waals surface area contributed by atoms with Crippen LogP contribution in [-0.4, -0.2) is 43.6 Å². The Balaban J connectivity index is 1.47. The van der Waals surface area contributed by atoms with Crippen LogP contribution in [0.3, 0.4) is 0 Å². The van der Waals surface area contributed by atoms with E-state index < -0.39 is 18.5 Å². The molecule has 8 nitrogen and oxygen atoms in total. The van der Waals surface area contributed by atoms with E-state index in [9.17, 15) is 14.4 Å². The zero-order valence-electron chi connectivity index (χ0n) is 18.1. The van der Waals surface area contributed by atoms with E-state index >= 15 is 0 Å². The molecule has 0 heterocycles. The lowest BCUT2D eigenvalue weighted by molar-refractivity contribution is -0.149. The summed E-state index contributed by atoms with van der Waals surface area (Å²) >= 11 is 0. The number of amides is 2. The molecule has 2 aromatic rings. The number of anilines is 1. The van der Waals surface area contributed by atoms with Gasteiger partial charge in [0, 0.05) is 6.04 Å². The van der Waals surface area contributed by atoms with Gasteiger partial charge in [0.15, 0.2) is 24.7 Å². The van der Waals surface area contributed by atoms with E-state index in [1.165, 1.54) is 0 Å². The van der Waals surface area contributed by atoms with Crippen LogP contribution in [0.5, 0.6) is 11.5 Å². The van der Waals surface area contributed by atoms with Crippen molar-refractivity contribution < 1.29 is 28.6 Å². The number of hydrogen-bond acceptors (Lipinski definition) is 6. The maximum absolute atomic E-state index is 12.6. The molecule has 0 unspecified atom stereocenters. The van der Waals surface area contributed by atoms with Crippen molar-refractivity contribution in [3.8, 4) is 11.5 Å². The highest BCUT2D eigenvalue weighted by Crippen LogP contribution is 2.26. The SMILES string of the molecule is CCOc1ccccc1OCC(=O)OCC(=O)Nc1ccccc1C(=O)NC1CCCC1. The first kappa shape index (κ1) is 23.1. The highest BCUT2D eigenvalue weighted by Gasteiger charge is 2.20. The van der Waals surface area contributed by atoms with E-state index in [4.69, 9.17) is 14.2 Å². The van der Waals surface area contributed by atoms with Crippen molar-refractivity contribution in [1.29, 1.82) is 0 Å². The van der Waals surface area contributed by atoms with Gasteiger partial charge in [0.05, 0.1) is 17.9 Å². The van der Waals surface area contributed by atoms with Crippen LogP contribution in [0.25, 0.3) is 0 Å². The monoisotopic (exact) mass is 440 g/mol. The molecular weight excluding hydrogens is 412 g/mol. The minimum atomic E-state index is -0.696. The molecule has 1 aliphatic rings. The molecule has 1 aliphatic carbocycles. The van der Waals surface area contributed by atoms with Gasteiger partial charge in [0.25, 0.3) is 11.8 Å². The van der Waals surface area contributed by atoms with Gasteiger partial charge in [-0.1, -0.05) is 37.1 Å². The minimum absolute atomic E-state index is 0.167. The second kappa shape index (κ2) is 11.7. The highest BCUT2D eigenvalue weighted by atomic mass is 16.6. The number of hydrogen-bond donors (Lipinski definition) is 2. The maximum Gasteiger partial charge on any atom is 0.344 e. The van der Waals surface area contributed by atoms with Crippen molar-refractivity contribution in [2.24, 2.45) is 0 Å². The van der Waals surface area contributed by atoms with Crippen LogP contribution in [0.4, 0.5) is 5.69 Å². The lowest BCUT2D eigenvalue weighted by Crippen LogP contribution is -2.33. The molecule has 0 bridgehead atoms. The van der Waals surface area contributed by atoms with E-state index in [1.807, 2.05) is 6.92 Å². The summed E-state index contributed by atoms with van der Waals surface area (Å²) in [7, 11) is 0. The van der Waals surface area contributed by atoms with Crippen molar-refractivity contribution >= 4 is 23.5 Å². The molecule has 0 spiro atoms. The van der Waals surface area contributed by atoms with E-state index in [-0.39, 0.29) is 18.6 Å². The smallest absolute Gasteiger partial charge is 0.344 e. The topological polar surface area (TPSA) is 103 Å². The molecule has 0 aliphatic heterocycles. The predicted octanol–water partition coefficient (Wildman–Crippen LogP) is 3.32. The van der Waals surface area contributed by atoms with Gasteiger partial charge in [-0.3, -0.25) is 9.59 Å². The molecule has 2 N–H and O–H groups in total. The maximum atomic E-state index is 12.6. The number of para-hydroxylation sites is 3. The predicted molar refractivity (Wildman–Crippen MR) is 119 cm³/mol. The Morgan fingerprint density at radius 1 is 0.906 bits per heavy atom. The van der Waals surface area contributed by atoms with Crippen LogP contribution >= 0.6 is 0 Å². The summed E-state index contributed by atoms with van der Waals surface area (Å²) in [5.74, 6) is -0.537. The van der Waals surface area contributed by atoms with Crippen LogP contribution in [0.15, 0.2) is 48.5 Å². The molecule has 0 radical (unpaired) electrons. The van der Waals surface area contributed by atoms with E-state index in [0.29, 0.717) is 29.4 Å². The van der Waals surface area contributed by atoms with Crippen molar-refractivity contribution in [2.75, 3.05) is 25.1 Å². The Labute approximate surface area is 187 Å². The number of benzene rings is 2. The molecular formula is C24H28N2O6. The fourth-order valence-corrected chi connectivity index (χ4v) is 3.48. The second-order valence-corrected chi connectivity index (χ2v) is 7.38. The van der Waals surface area contributed by atoms with Crippen LogP contribution < -0.4 is 20.1 Å². The minimum Gasteiger partial charge on any atom is -0.490 e. The molecule has 0 aromatic heterocycles. The molecule has 170 valence electrons. The number of nitrogens with one attached hydrogen (secondary N) is 2. The van der Waals surface area contributed by atoms with Crippen LogP contribution in [0.2, 0.25) is 0 Å². The number of esters is 1. The Morgan fingerprint density at radius 2 is 1.56 bits per heavy atom. The summed E-state index contributed by atoms with van der Waals surface area (Å²) in [6, 6.07) is 13.9. The summed E-state index contributed by atoms with van der Waals surface area (Å²) in [4.78, 5) is 36.8. The van der Waals surface area contributed by atoms with E-state index in [1.54, 1.807) is 48.5 Å². The molecule has 32 heavy (non-hydrogen) atoms. The van der Waals surface area contributed by atoms with E-state index in [0.717, 1.165) is 25.7 Å². The third-order valence-electron chi connectivity index (χ3n) is 4.99. The summed E-state index contributed by atoms with van der Waals surface area (Å²) in [6.07, 6.45) is 4.14. The summed E-state index contributed by atoms with van der Waals surface area (Å²) in [5.41, 5.74) is 0.737. The molecule has 1 fully saturated rings. The molecule has 2 amide bonds. The zero-order valence-corrected chi connectivity index (χ0v) is 18.1. The average Bonchev–Trinajstić information content (AvgIpc) is 3.30. The highest BCUT2D eigenvalue weighted by molar-refractivity contribution is 6.04. The first-order valence-electron chi connectivity index (χ1n) is 10.8. The van der Waals surface area contributed by atoms with Gasteiger partial charge in [-0.05, 0) is 44.0 Å². The van der Waals surface area contributed by atoms with Gasteiger partial charge in [-0.25, -0.2) is 4.79 Å². The number of carbonyl (C=O) groups excluding carboxylic acids is 3. The standard InChI is InChI=1S/C24H28N2O6/c1-2-30-20-13-7-8-14-21(20)31-16-23(28)32-15-22(27)26-19-12-6-5-11-18(19)24(29)25-17-9-3-4-10-17/h5-8,11-14,17H,2-4,9-10,15-16H2,1H3,(H,25,29)(H,26,27). The third-order valence-corrected chi connectivity index (χ3v) is 4.99. The van der Waals surface area contributed by atoms with Crippen LogP contribution in [0, 0.1) is 0 Å². The van der Waals surface area contributed by atoms with Crippen molar-refractivity contribution in [1.82, 2.24) is 5.32 Å². The summed E-state index contributed by atoms with van der Waals surface area (Å²) in [5, 5.41) is 5.64. The van der Waals surface area contributed by atoms with E-state index in [2.05, 4.69) is 10.6 Å². The lowest BCUT2D eigenvalue weighted by Gasteiger charge is -2.15. The lowest BCUT2D eigenvalue weighted by atomic mass is 10.1. The zero-order chi connectivity index (χ0) is 22.8. The quantitative estimate of drug-likeness (QED) is 0.550. The number of carbonyl (C=O) groups is 3. The summed E-state index contributed by atoms with van der Waals surface area (Å²) < 4.78 is 15.9. The summed E-state index contributed by atoms with van der Waals surface area (Å²) in [6.45, 7) is 1.46. The number of ether oxygens (including phenoxy) is 3. The van der Waals surface area contributed by atoms with Crippen molar-refractivity contribution in [2.45, 2.75) is 38.6 Å². The fourth-order valence-electron chi connectivity index (χ4n) is 3.48.